The van der Waals surface area contributed by atoms with Gasteiger partial charge in [0.2, 0.25) is 11.8 Å². The summed E-state index contributed by atoms with van der Waals surface area (Å²) in [6.07, 6.45) is 5.78. The van der Waals surface area contributed by atoms with E-state index in [1.807, 2.05) is 19.1 Å². The zero-order chi connectivity index (χ0) is 17.2. The Balaban J connectivity index is 1.35. The van der Waals surface area contributed by atoms with E-state index in [1.165, 1.54) is 0 Å². The second-order valence-electron chi connectivity index (χ2n) is 6.93. The maximum atomic E-state index is 12.6. The Bertz CT molecular complexity index is 747. The smallest absolute Gasteiger partial charge is 0.234 e. The van der Waals surface area contributed by atoms with E-state index in [0.717, 1.165) is 74.4 Å². The molecular weight excluding hydrogens is 318 g/mol. The van der Waals surface area contributed by atoms with Crippen LogP contribution in [0.3, 0.4) is 0 Å². The van der Waals surface area contributed by atoms with E-state index >= 15 is 0 Å². The number of nitrogens with zero attached hydrogens (tertiary/aromatic N) is 4. The molecular formula is C18H23N5O2. The summed E-state index contributed by atoms with van der Waals surface area (Å²) >= 11 is 0. The molecule has 0 bridgehead atoms. The van der Waals surface area contributed by atoms with Crippen LogP contribution in [0.15, 0.2) is 16.7 Å². The lowest BCUT2D eigenvalue weighted by atomic mass is 9.95. The number of amides is 1. The Morgan fingerprint density at radius 2 is 2.00 bits per heavy atom. The fourth-order valence-corrected chi connectivity index (χ4v) is 3.63. The predicted molar refractivity (Wildman–Crippen MR) is 93.5 cm³/mol. The number of carbonyl (C=O) groups is 1. The normalized spacial score (nSPS) is 18.0. The SMILES string of the molecule is Cc1ccc(N2CCC(C(=O)Nc3onc4c3CCCC4)CC2)nn1. The highest BCUT2D eigenvalue weighted by Gasteiger charge is 2.28. The molecule has 1 N–H and O–H groups in total. The molecule has 2 aromatic rings. The van der Waals surface area contributed by atoms with Gasteiger partial charge in [-0.25, -0.2) is 0 Å². The molecule has 0 spiro atoms. The molecule has 0 aromatic carbocycles. The first-order valence-electron chi connectivity index (χ1n) is 9.04. The van der Waals surface area contributed by atoms with Crippen LogP contribution >= 0.6 is 0 Å². The van der Waals surface area contributed by atoms with Gasteiger partial charge >= 0.3 is 0 Å². The third-order valence-corrected chi connectivity index (χ3v) is 5.17. The molecule has 4 rings (SSSR count). The number of rotatable bonds is 3. The van der Waals surface area contributed by atoms with Crippen molar-refractivity contribution >= 4 is 17.6 Å². The average Bonchev–Trinajstić information content (AvgIpc) is 3.06. The summed E-state index contributed by atoms with van der Waals surface area (Å²) in [6.45, 7) is 3.55. The Morgan fingerprint density at radius 3 is 2.76 bits per heavy atom. The summed E-state index contributed by atoms with van der Waals surface area (Å²) in [4.78, 5) is 14.8. The van der Waals surface area contributed by atoms with Gasteiger partial charge in [0.05, 0.1) is 11.4 Å². The Hall–Kier alpha value is -2.44. The monoisotopic (exact) mass is 341 g/mol. The molecule has 7 nitrogen and oxygen atoms in total. The number of carbonyl (C=O) groups excluding carboxylic acids is 1. The van der Waals surface area contributed by atoms with E-state index in [-0.39, 0.29) is 11.8 Å². The van der Waals surface area contributed by atoms with E-state index < -0.39 is 0 Å². The molecule has 1 aliphatic carbocycles. The van der Waals surface area contributed by atoms with Gasteiger partial charge in [-0.05, 0) is 57.6 Å². The van der Waals surface area contributed by atoms with Crippen LogP contribution in [0.25, 0.3) is 0 Å². The van der Waals surface area contributed by atoms with Gasteiger partial charge in [0.25, 0.3) is 0 Å². The highest BCUT2D eigenvalue weighted by molar-refractivity contribution is 5.92. The summed E-state index contributed by atoms with van der Waals surface area (Å²) < 4.78 is 5.37. The lowest BCUT2D eigenvalue weighted by molar-refractivity contribution is -0.120. The molecule has 2 aliphatic rings. The van der Waals surface area contributed by atoms with Gasteiger partial charge < -0.3 is 9.42 Å². The summed E-state index contributed by atoms with van der Waals surface area (Å²) in [7, 11) is 0. The first-order valence-corrected chi connectivity index (χ1v) is 9.04. The largest absolute Gasteiger partial charge is 0.355 e. The van der Waals surface area contributed by atoms with E-state index in [9.17, 15) is 4.79 Å². The van der Waals surface area contributed by atoms with Crippen molar-refractivity contribution in [2.45, 2.75) is 45.4 Å². The van der Waals surface area contributed by atoms with E-state index in [4.69, 9.17) is 4.52 Å². The highest BCUT2D eigenvalue weighted by atomic mass is 16.5. The average molecular weight is 341 g/mol. The minimum Gasteiger partial charge on any atom is -0.355 e. The van der Waals surface area contributed by atoms with Crippen LogP contribution in [0.1, 0.15) is 42.6 Å². The van der Waals surface area contributed by atoms with Crippen LogP contribution in [-0.2, 0) is 17.6 Å². The first-order chi connectivity index (χ1) is 12.2. The molecule has 0 unspecified atom stereocenters. The van der Waals surface area contributed by atoms with Crippen LogP contribution in [0.5, 0.6) is 0 Å². The first kappa shape index (κ1) is 16.1. The van der Waals surface area contributed by atoms with Crippen molar-refractivity contribution in [1.29, 1.82) is 0 Å². The van der Waals surface area contributed by atoms with Crippen LogP contribution in [0.2, 0.25) is 0 Å². The topological polar surface area (TPSA) is 84.2 Å². The van der Waals surface area contributed by atoms with Gasteiger partial charge in [0.1, 0.15) is 0 Å². The molecule has 25 heavy (non-hydrogen) atoms. The lowest BCUT2D eigenvalue weighted by Gasteiger charge is -2.31. The van der Waals surface area contributed by atoms with Gasteiger partial charge in [-0.1, -0.05) is 5.16 Å². The van der Waals surface area contributed by atoms with Gasteiger partial charge in [-0.15, -0.1) is 5.10 Å². The Kier molecular flexibility index (Phi) is 4.38. The van der Waals surface area contributed by atoms with E-state index in [0.29, 0.717) is 5.88 Å². The van der Waals surface area contributed by atoms with Crippen LogP contribution in [-0.4, -0.2) is 34.4 Å². The van der Waals surface area contributed by atoms with Gasteiger partial charge in [0, 0.05) is 24.6 Å². The minimum absolute atomic E-state index is 0.000928. The van der Waals surface area contributed by atoms with Crippen molar-refractivity contribution in [2.24, 2.45) is 5.92 Å². The summed E-state index contributed by atoms with van der Waals surface area (Å²) in [5, 5.41) is 15.4. The van der Waals surface area contributed by atoms with Gasteiger partial charge in [0.15, 0.2) is 5.82 Å². The van der Waals surface area contributed by atoms with Crippen molar-refractivity contribution in [3.8, 4) is 0 Å². The number of piperidine rings is 1. The summed E-state index contributed by atoms with van der Waals surface area (Å²) in [6, 6.07) is 3.96. The lowest BCUT2D eigenvalue weighted by Crippen LogP contribution is -2.38. The predicted octanol–water partition coefficient (Wildman–Crippen LogP) is 2.51. The number of hydrogen-bond donors (Lipinski definition) is 1. The molecule has 132 valence electrons. The second kappa shape index (κ2) is 6.82. The number of aromatic nitrogens is 3. The zero-order valence-corrected chi connectivity index (χ0v) is 14.5. The highest BCUT2D eigenvalue weighted by Crippen LogP contribution is 2.29. The molecule has 3 heterocycles. The number of fused-ring (bicyclic) bond motifs is 1. The molecule has 0 saturated carbocycles. The van der Waals surface area contributed by atoms with Gasteiger partial charge in [-0.3, -0.25) is 10.1 Å². The number of aryl methyl sites for hydroxylation is 2. The second-order valence-corrected chi connectivity index (χ2v) is 6.93. The maximum absolute atomic E-state index is 12.6. The molecule has 1 aliphatic heterocycles. The van der Waals surface area contributed by atoms with Crippen molar-refractivity contribution in [3.63, 3.8) is 0 Å². The maximum Gasteiger partial charge on any atom is 0.234 e. The molecule has 0 atom stereocenters. The number of anilines is 2. The van der Waals surface area contributed by atoms with Crippen molar-refractivity contribution in [3.05, 3.63) is 29.1 Å². The van der Waals surface area contributed by atoms with Crippen LogP contribution in [0.4, 0.5) is 11.7 Å². The Morgan fingerprint density at radius 1 is 1.20 bits per heavy atom. The number of hydrogen-bond acceptors (Lipinski definition) is 6. The molecule has 7 heteroatoms. The van der Waals surface area contributed by atoms with E-state index in [2.05, 4.69) is 25.6 Å². The standard InChI is InChI=1S/C18H23N5O2/c1-12-6-7-16(21-20-12)23-10-8-13(9-11-23)17(24)19-18-14-4-2-3-5-15(14)22-25-18/h6-7,13H,2-5,8-11H2,1H3,(H,19,24). The van der Waals surface area contributed by atoms with Crippen LogP contribution < -0.4 is 10.2 Å². The minimum atomic E-state index is -0.000928. The summed E-state index contributed by atoms with van der Waals surface area (Å²) in [5.41, 5.74) is 3.01. The van der Waals surface area contributed by atoms with Crippen LogP contribution in [0, 0.1) is 12.8 Å². The quantitative estimate of drug-likeness (QED) is 0.923. The van der Waals surface area contributed by atoms with Gasteiger partial charge in [-0.2, -0.15) is 5.10 Å². The van der Waals surface area contributed by atoms with Crippen molar-refractivity contribution in [2.75, 3.05) is 23.3 Å². The third kappa shape index (κ3) is 3.36. The van der Waals surface area contributed by atoms with Crippen molar-refractivity contribution in [1.82, 2.24) is 15.4 Å². The molecule has 1 amide bonds. The third-order valence-electron chi connectivity index (χ3n) is 5.17. The van der Waals surface area contributed by atoms with E-state index in [1.54, 1.807) is 0 Å². The molecule has 0 radical (unpaired) electrons. The molecule has 1 fully saturated rings. The molecule has 2 aromatic heterocycles. The zero-order valence-electron chi connectivity index (χ0n) is 14.5. The Labute approximate surface area is 146 Å². The fourth-order valence-electron chi connectivity index (χ4n) is 3.63. The van der Waals surface area contributed by atoms with Crippen molar-refractivity contribution < 1.29 is 9.32 Å². The summed E-state index contributed by atoms with van der Waals surface area (Å²) in [5.74, 6) is 1.48. The number of nitrogens with one attached hydrogen (secondary N) is 1. The molecule has 1 saturated heterocycles. The fraction of sp³-hybridized carbons (Fsp3) is 0.556.